The monoisotopic (exact) mass is 412 g/mol. The van der Waals surface area contributed by atoms with E-state index in [1.54, 1.807) is 12.1 Å². The number of aromatic nitrogens is 2. The summed E-state index contributed by atoms with van der Waals surface area (Å²) in [6, 6.07) is 5.35. The van der Waals surface area contributed by atoms with Crippen LogP contribution in [0.2, 0.25) is 0 Å². The molecular weight excluding hydrogens is 388 g/mol. The van der Waals surface area contributed by atoms with Gasteiger partial charge in [0.15, 0.2) is 10.9 Å². The van der Waals surface area contributed by atoms with E-state index in [0.29, 0.717) is 24.5 Å². The van der Waals surface area contributed by atoms with Crippen molar-refractivity contribution in [2.24, 2.45) is 0 Å². The van der Waals surface area contributed by atoms with E-state index in [1.165, 1.54) is 17.6 Å². The van der Waals surface area contributed by atoms with Crippen LogP contribution >= 0.6 is 11.3 Å². The minimum atomic E-state index is -0.283. The molecule has 0 fully saturated rings. The Morgan fingerprint density at radius 1 is 1.38 bits per heavy atom. The first-order valence-corrected chi connectivity index (χ1v) is 10.2. The lowest BCUT2D eigenvalue weighted by atomic mass is 10.2. The summed E-state index contributed by atoms with van der Waals surface area (Å²) in [7, 11) is 0. The third-order valence-electron chi connectivity index (χ3n) is 4.52. The zero-order valence-electron chi connectivity index (χ0n) is 16.5. The molecule has 0 aromatic carbocycles. The molecule has 8 heteroatoms. The Balaban J connectivity index is 1.50. The maximum Gasteiger partial charge on any atom is 0.286 e. The molecule has 3 aromatic heterocycles. The van der Waals surface area contributed by atoms with Crippen molar-refractivity contribution in [3.8, 4) is 11.3 Å². The number of carbonyl (C=O) groups is 2. The van der Waals surface area contributed by atoms with Crippen LogP contribution in [0.1, 0.15) is 34.8 Å². The van der Waals surface area contributed by atoms with E-state index in [4.69, 9.17) is 4.42 Å². The van der Waals surface area contributed by atoms with Gasteiger partial charge in [0.1, 0.15) is 0 Å². The van der Waals surface area contributed by atoms with Gasteiger partial charge in [-0.15, -0.1) is 17.9 Å². The van der Waals surface area contributed by atoms with E-state index in [2.05, 4.69) is 46.7 Å². The van der Waals surface area contributed by atoms with Crippen molar-refractivity contribution in [1.82, 2.24) is 14.9 Å². The Hall–Kier alpha value is -3.13. The van der Waals surface area contributed by atoms with Crippen molar-refractivity contribution in [1.29, 1.82) is 0 Å². The standard InChI is InChI=1S/C21H24N4O3S/c1-4-10-25-14(2)12-16(15(25)3)17-13-29-21(23-17)24-19(26)8-5-9-22-20(27)18-7-6-11-28-18/h4,6-7,11-13H,1,5,8-10H2,2-3H3,(H,22,27)(H,23,24,26). The first-order valence-electron chi connectivity index (χ1n) is 9.34. The zero-order valence-corrected chi connectivity index (χ0v) is 17.3. The molecule has 0 bridgehead atoms. The molecule has 0 aliphatic carbocycles. The molecule has 29 heavy (non-hydrogen) atoms. The molecule has 0 aliphatic rings. The van der Waals surface area contributed by atoms with Gasteiger partial charge in [0.25, 0.3) is 5.91 Å². The topological polar surface area (TPSA) is 89.2 Å². The number of amides is 2. The quantitative estimate of drug-likeness (QED) is 0.408. The maximum absolute atomic E-state index is 12.2. The SMILES string of the molecule is C=CCn1c(C)cc(-c2csc(NC(=O)CCCNC(=O)c3ccco3)n2)c1C. The number of nitrogens with zero attached hydrogens (tertiary/aromatic N) is 2. The second kappa shape index (κ2) is 9.38. The maximum atomic E-state index is 12.2. The van der Waals surface area contributed by atoms with Crippen LogP contribution in [0.5, 0.6) is 0 Å². The van der Waals surface area contributed by atoms with Gasteiger partial charge in [-0.2, -0.15) is 0 Å². The molecule has 2 N–H and O–H groups in total. The Bertz CT molecular complexity index is 1000. The summed E-state index contributed by atoms with van der Waals surface area (Å²) >= 11 is 1.40. The molecule has 0 unspecified atom stereocenters. The van der Waals surface area contributed by atoms with E-state index >= 15 is 0 Å². The summed E-state index contributed by atoms with van der Waals surface area (Å²) in [6.45, 7) is 9.06. The van der Waals surface area contributed by atoms with Gasteiger partial charge >= 0.3 is 0 Å². The van der Waals surface area contributed by atoms with Crippen LogP contribution in [0, 0.1) is 13.8 Å². The number of allylic oxidation sites excluding steroid dienone is 1. The molecule has 0 saturated carbocycles. The molecule has 7 nitrogen and oxygen atoms in total. The molecule has 0 saturated heterocycles. The van der Waals surface area contributed by atoms with Crippen LogP contribution in [0.4, 0.5) is 5.13 Å². The average molecular weight is 413 g/mol. The van der Waals surface area contributed by atoms with Gasteiger partial charge in [0, 0.05) is 41.8 Å². The zero-order chi connectivity index (χ0) is 20.8. The van der Waals surface area contributed by atoms with E-state index in [-0.39, 0.29) is 17.6 Å². The first-order chi connectivity index (χ1) is 14.0. The molecule has 0 atom stereocenters. The number of furan rings is 1. The molecule has 0 radical (unpaired) electrons. The van der Waals surface area contributed by atoms with Crippen LogP contribution in [-0.2, 0) is 11.3 Å². The average Bonchev–Trinajstić information content (AvgIpc) is 3.43. The number of hydrogen-bond acceptors (Lipinski definition) is 5. The van der Waals surface area contributed by atoms with Crippen LogP contribution in [0.25, 0.3) is 11.3 Å². The summed E-state index contributed by atoms with van der Waals surface area (Å²) in [6.07, 6.45) is 4.13. The van der Waals surface area contributed by atoms with E-state index in [9.17, 15) is 9.59 Å². The summed E-state index contributed by atoms with van der Waals surface area (Å²) in [5, 5.41) is 8.06. The molecule has 2 amide bonds. The van der Waals surface area contributed by atoms with Crippen molar-refractivity contribution in [3.05, 3.63) is 59.6 Å². The van der Waals surface area contributed by atoms with Crippen molar-refractivity contribution in [2.45, 2.75) is 33.2 Å². The fraction of sp³-hybridized carbons (Fsp3) is 0.286. The normalized spacial score (nSPS) is 10.7. The van der Waals surface area contributed by atoms with Gasteiger partial charge in [-0.05, 0) is 38.5 Å². The Labute approximate surface area is 173 Å². The number of rotatable bonds is 9. The third kappa shape index (κ3) is 5.03. The highest BCUT2D eigenvalue weighted by molar-refractivity contribution is 7.14. The molecule has 0 spiro atoms. The molecule has 3 aromatic rings. The molecule has 0 aliphatic heterocycles. The Morgan fingerprint density at radius 2 is 2.21 bits per heavy atom. The van der Waals surface area contributed by atoms with Crippen LogP contribution in [-0.4, -0.2) is 27.9 Å². The smallest absolute Gasteiger partial charge is 0.286 e. The number of hydrogen-bond donors (Lipinski definition) is 2. The lowest BCUT2D eigenvalue weighted by Gasteiger charge is -2.05. The van der Waals surface area contributed by atoms with Gasteiger partial charge in [0.2, 0.25) is 5.91 Å². The number of anilines is 1. The number of nitrogens with one attached hydrogen (secondary N) is 2. The van der Waals surface area contributed by atoms with Crippen molar-refractivity contribution >= 4 is 28.3 Å². The summed E-state index contributed by atoms with van der Waals surface area (Å²) in [5.74, 6) is -0.151. The molecule has 3 rings (SSSR count). The minimum absolute atomic E-state index is 0.129. The fourth-order valence-corrected chi connectivity index (χ4v) is 3.78. The van der Waals surface area contributed by atoms with E-state index in [1.807, 2.05) is 11.5 Å². The van der Waals surface area contributed by atoms with Crippen LogP contribution < -0.4 is 10.6 Å². The van der Waals surface area contributed by atoms with E-state index < -0.39 is 0 Å². The van der Waals surface area contributed by atoms with Gasteiger partial charge in [-0.25, -0.2) is 4.98 Å². The predicted octanol–water partition coefficient (Wildman–Crippen LogP) is 4.16. The molecular formula is C21H24N4O3S. The highest BCUT2D eigenvalue weighted by Crippen LogP contribution is 2.30. The van der Waals surface area contributed by atoms with E-state index in [0.717, 1.165) is 29.2 Å². The van der Waals surface area contributed by atoms with Crippen molar-refractivity contribution < 1.29 is 14.0 Å². The number of carbonyl (C=O) groups excluding carboxylic acids is 2. The highest BCUT2D eigenvalue weighted by atomic mass is 32.1. The first kappa shape index (κ1) is 20.6. The second-order valence-electron chi connectivity index (χ2n) is 6.61. The Morgan fingerprint density at radius 3 is 2.93 bits per heavy atom. The molecule has 3 heterocycles. The van der Waals surface area contributed by atoms with Gasteiger partial charge in [-0.3, -0.25) is 9.59 Å². The fourth-order valence-electron chi connectivity index (χ4n) is 3.05. The predicted molar refractivity (Wildman–Crippen MR) is 114 cm³/mol. The molecule has 152 valence electrons. The lowest BCUT2D eigenvalue weighted by molar-refractivity contribution is -0.116. The summed E-state index contributed by atoms with van der Waals surface area (Å²) < 4.78 is 7.19. The van der Waals surface area contributed by atoms with Gasteiger partial charge in [-0.1, -0.05) is 6.08 Å². The van der Waals surface area contributed by atoms with Crippen molar-refractivity contribution in [2.75, 3.05) is 11.9 Å². The lowest BCUT2D eigenvalue weighted by Crippen LogP contribution is -2.25. The van der Waals surface area contributed by atoms with Crippen LogP contribution in [0.3, 0.4) is 0 Å². The largest absolute Gasteiger partial charge is 0.459 e. The highest BCUT2D eigenvalue weighted by Gasteiger charge is 2.14. The van der Waals surface area contributed by atoms with Crippen molar-refractivity contribution in [3.63, 3.8) is 0 Å². The van der Waals surface area contributed by atoms with Gasteiger partial charge < -0.3 is 19.6 Å². The third-order valence-corrected chi connectivity index (χ3v) is 5.28. The second-order valence-corrected chi connectivity index (χ2v) is 7.47. The summed E-state index contributed by atoms with van der Waals surface area (Å²) in [4.78, 5) is 28.5. The summed E-state index contributed by atoms with van der Waals surface area (Å²) in [5.41, 5.74) is 4.17. The van der Waals surface area contributed by atoms with Crippen LogP contribution in [0.15, 0.2) is 46.9 Å². The van der Waals surface area contributed by atoms with Gasteiger partial charge in [0.05, 0.1) is 12.0 Å². The Kier molecular flexibility index (Phi) is 6.66. The number of aryl methyl sites for hydroxylation is 1. The number of thiazole rings is 1. The minimum Gasteiger partial charge on any atom is -0.459 e.